The molecule has 1 heterocycles. The van der Waals surface area contributed by atoms with E-state index in [0.29, 0.717) is 13.0 Å². The summed E-state index contributed by atoms with van der Waals surface area (Å²) in [5.74, 6) is -0.965. The number of hydrogen-bond acceptors (Lipinski definition) is 3. The quantitative estimate of drug-likeness (QED) is 0.530. The molecule has 1 fully saturated rings. The smallest absolute Gasteiger partial charge is 0.305 e. The number of hydrogen-bond donors (Lipinski definition) is 2. The molecule has 10 heavy (non-hydrogen) atoms. The molecule has 1 saturated heterocycles. The third-order valence-electron chi connectivity index (χ3n) is 1.35. The molecule has 0 aliphatic carbocycles. The van der Waals surface area contributed by atoms with Crippen molar-refractivity contribution in [1.29, 1.82) is 0 Å². The summed E-state index contributed by atoms with van der Waals surface area (Å²) in [7, 11) is 0. The van der Waals surface area contributed by atoms with Crippen LogP contribution in [0.3, 0.4) is 0 Å². The normalized spacial score (nSPS) is 25.9. The molecule has 2 N–H and O–H groups in total. The molecule has 1 aliphatic heterocycles. The summed E-state index contributed by atoms with van der Waals surface area (Å²) in [6, 6.07) is 0. The first-order chi connectivity index (χ1) is 4.68. The number of rotatable bonds is 4. The van der Waals surface area contributed by atoms with Gasteiger partial charge in [0.25, 0.3) is 0 Å². The number of carboxylic acid groups (broad SMARTS) is 1. The topological polar surface area (TPSA) is 70.1 Å². The van der Waals surface area contributed by atoms with E-state index in [9.17, 15) is 4.79 Å². The number of aliphatic carboxylic acids is 1. The molecule has 0 radical (unpaired) electrons. The lowest BCUT2D eigenvalue weighted by Gasteiger charge is -2.03. The second-order valence-electron chi connectivity index (χ2n) is 2.44. The summed E-state index contributed by atoms with van der Waals surface area (Å²) in [6.45, 7) is 0.663. The van der Waals surface area contributed by atoms with Gasteiger partial charge in [-0.3, -0.25) is 4.79 Å². The Kier molecular flexibility index (Phi) is 2.24. The zero-order chi connectivity index (χ0) is 7.56. The van der Waals surface area contributed by atoms with Crippen molar-refractivity contribution in [1.82, 2.24) is 0 Å². The summed E-state index contributed by atoms with van der Waals surface area (Å²) in [6.07, 6.45) is -0.369. The van der Waals surface area contributed by atoms with Gasteiger partial charge in [-0.25, -0.2) is 0 Å². The van der Waals surface area contributed by atoms with Crippen LogP contribution in [0.25, 0.3) is 0 Å². The summed E-state index contributed by atoms with van der Waals surface area (Å²) in [5, 5.41) is 17.2. The molecule has 0 saturated carbocycles. The van der Waals surface area contributed by atoms with Gasteiger partial charge in [0.1, 0.15) is 0 Å². The third-order valence-corrected chi connectivity index (χ3v) is 1.35. The molecule has 58 valence electrons. The molecule has 0 spiro atoms. The first kappa shape index (κ1) is 7.50. The van der Waals surface area contributed by atoms with Crippen molar-refractivity contribution in [2.24, 2.45) is 0 Å². The third kappa shape index (κ3) is 2.80. The number of aliphatic hydroxyl groups excluding tert-OH is 1. The second-order valence-corrected chi connectivity index (χ2v) is 2.44. The Morgan fingerprint density at radius 3 is 2.80 bits per heavy atom. The van der Waals surface area contributed by atoms with Gasteiger partial charge in [-0.05, 0) is 0 Å². The molecule has 4 heteroatoms. The Balaban J connectivity index is 2.07. The molecule has 0 aromatic heterocycles. The summed E-state index contributed by atoms with van der Waals surface area (Å²) in [4.78, 5) is 10.0. The number of carboxylic acids is 1. The van der Waals surface area contributed by atoms with Crippen LogP contribution in [0.15, 0.2) is 0 Å². The number of ether oxygens (including phenoxy) is 1. The van der Waals surface area contributed by atoms with Crippen LogP contribution in [0.1, 0.15) is 12.8 Å². The van der Waals surface area contributed by atoms with Gasteiger partial charge in [0.2, 0.25) is 0 Å². The fourth-order valence-electron chi connectivity index (χ4n) is 0.792. The molecular weight excluding hydrogens is 136 g/mol. The summed E-state index contributed by atoms with van der Waals surface area (Å²) < 4.78 is 4.81. The Labute approximate surface area is 58.4 Å². The van der Waals surface area contributed by atoms with Gasteiger partial charge >= 0.3 is 5.97 Å². The minimum Gasteiger partial charge on any atom is -0.481 e. The van der Waals surface area contributed by atoms with Crippen LogP contribution in [-0.2, 0) is 9.53 Å². The van der Waals surface area contributed by atoms with Gasteiger partial charge < -0.3 is 14.9 Å². The van der Waals surface area contributed by atoms with E-state index in [0.717, 1.165) is 0 Å². The van der Waals surface area contributed by atoms with Crippen molar-refractivity contribution < 1.29 is 19.7 Å². The standard InChI is InChI=1S/C6H10O4/c7-4(2-6(8)9)1-5-3-10-5/h4-5,7H,1-3H2,(H,8,9)/t4-,5?/m0/s1. The van der Waals surface area contributed by atoms with Crippen LogP contribution >= 0.6 is 0 Å². The van der Waals surface area contributed by atoms with Crippen molar-refractivity contribution in [3.63, 3.8) is 0 Å². The average Bonchev–Trinajstić information content (AvgIpc) is 2.46. The molecule has 0 aromatic carbocycles. The first-order valence-electron chi connectivity index (χ1n) is 3.20. The Morgan fingerprint density at radius 2 is 2.40 bits per heavy atom. The van der Waals surface area contributed by atoms with E-state index in [1.54, 1.807) is 0 Å². The van der Waals surface area contributed by atoms with E-state index >= 15 is 0 Å². The zero-order valence-electron chi connectivity index (χ0n) is 5.49. The highest BCUT2D eigenvalue weighted by molar-refractivity contribution is 5.67. The lowest BCUT2D eigenvalue weighted by Crippen LogP contribution is -2.14. The van der Waals surface area contributed by atoms with Gasteiger partial charge in [0.15, 0.2) is 0 Å². The van der Waals surface area contributed by atoms with E-state index in [1.807, 2.05) is 0 Å². The minimum atomic E-state index is -0.965. The van der Waals surface area contributed by atoms with Gasteiger partial charge in [-0.1, -0.05) is 0 Å². The average molecular weight is 146 g/mol. The van der Waals surface area contributed by atoms with Crippen LogP contribution in [0, 0.1) is 0 Å². The number of aliphatic hydroxyl groups is 1. The molecule has 0 bridgehead atoms. The fraction of sp³-hybridized carbons (Fsp3) is 0.833. The van der Waals surface area contributed by atoms with E-state index in [4.69, 9.17) is 14.9 Å². The molecule has 2 atom stereocenters. The highest BCUT2D eigenvalue weighted by Gasteiger charge is 2.26. The van der Waals surface area contributed by atoms with Crippen molar-refractivity contribution in [3.05, 3.63) is 0 Å². The fourth-order valence-corrected chi connectivity index (χ4v) is 0.792. The Morgan fingerprint density at radius 1 is 1.80 bits per heavy atom. The second kappa shape index (κ2) is 2.98. The SMILES string of the molecule is O=C(O)C[C@@H](O)CC1CO1. The van der Waals surface area contributed by atoms with Gasteiger partial charge in [-0.15, -0.1) is 0 Å². The highest BCUT2D eigenvalue weighted by Crippen LogP contribution is 2.16. The van der Waals surface area contributed by atoms with Crippen LogP contribution in [0.4, 0.5) is 0 Å². The zero-order valence-corrected chi connectivity index (χ0v) is 5.49. The molecule has 1 aliphatic rings. The number of carbonyl (C=O) groups is 1. The Hall–Kier alpha value is -0.610. The maximum Gasteiger partial charge on any atom is 0.305 e. The van der Waals surface area contributed by atoms with Gasteiger partial charge in [-0.2, -0.15) is 0 Å². The van der Waals surface area contributed by atoms with Crippen molar-refractivity contribution in [2.75, 3.05) is 6.61 Å². The van der Waals surface area contributed by atoms with Crippen LogP contribution in [0.2, 0.25) is 0 Å². The largest absolute Gasteiger partial charge is 0.481 e. The van der Waals surface area contributed by atoms with E-state index in [2.05, 4.69) is 0 Å². The maximum absolute atomic E-state index is 10.0. The summed E-state index contributed by atoms with van der Waals surface area (Å²) in [5.41, 5.74) is 0. The monoisotopic (exact) mass is 146 g/mol. The molecular formula is C6H10O4. The highest BCUT2D eigenvalue weighted by atomic mass is 16.6. The molecule has 0 amide bonds. The maximum atomic E-state index is 10.0. The van der Waals surface area contributed by atoms with E-state index in [-0.39, 0.29) is 12.5 Å². The van der Waals surface area contributed by atoms with Crippen molar-refractivity contribution in [3.8, 4) is 0 Å². The summed E-state index contributed by atoms with van der Waals surface area (Å²) >= 11 is 0. The predicted octanol–water partition coefficient (Wildman–Crippen LogP) is -0.389. The lowest BCUT2D eigenvalue weighted by molar-refractivity contribution is -0.139. The predicted molar refractivity (Wildman–Crippen MR) is 32.6 cm³/mol. The Bertz CT molecular complexity index is 130. The lowest BCUT2D eigenvalue weighted by atomic mass is 10.1. The molecule has 1 unspecified atom stereocenters. The van der Waals surface area contributed by atoms with Crippen LogP contribution < -0.4 is 0 Å². The minimum absolute atomic E-state index is 0.106. The first-order valence-corrected chi connectivity index (χ1v) is 3.20. The van der Waals surface area contributed by atoms with E-state index in [1.165, 1.54) is 0 Å². The van der Waals surface area contributed by atoms with Crippen molar-refractivity contribution >= 4 is 5.97 Å². The van der Waals surface area contributed by atoms with Gasteiger partial charge in [0.05, 0.1) is 25.2 Å². The molecule has 0 aromatic rings. The number of epoxide rings is 1. The van der Waals surface area contributed by atoms with Crippen molar-refractivity contribution in [2.45, 2.75) is 25.0 Å². The van der Waals surface area contributed by atoms with Gasteiger partial charge in [0, 0.05) is 6.42 Å². The molecule has 4 nitrogen and oxygen atoms in total. The van der Waals surface area contributed by atoms with E-state index < -0.39 is 12.1 Å². The van der Waals surface area contributed by atoms with Crippen LogP contribution in [-0.4, -0.2) is 35.0 Å². The van der Waals surface area contributed by atoms with Crippen LogP contribution in [0.5, 0.6) is 0 Å². The molecule has 1 rings (SSSR count).